The number of para-hydroxylation sites is 2. The van der Waals surface area contributed by atoms with Gasteiger partial charge in [-0.05, 0) is 29.1 Å². The lowest BCUT2D eigenvalue weighted by Crippen LogP contribution is -2.57. The van der Waals surface area contributed by atoms with E-state index in [1.165, 1.54) is 5.46 Å². The number of aryl methyl sites for hydroxylation is 1. The van der Waals surface area contributed by atoms with Crippen molar-refractivity contribution in [3.63, 3.8) is 0 Å². The Morgan fingerprint density at radius 2 is 1.48 bits per heavy atom. The quantitative estimate of drug-likeness (QED) is 0.241. The van der Waals surface area contributed by atoms with Gasteiger partial charge >= 0.3 is 0 Å². The molecule has 0 amide bonds. The van der Waals surface area contributed by atoms with E-state index in [9.17, 15) is 0 Å². The van der Waals surface area contributed by atoms with Crippen molar-refractivity contribution in [3.8, 4) is 28.7 Å². The van der Waals surface area contributed by atoms with Crippen LogP contribution in [0.5, 0.6) is 23.0 Å². The molecule has 31 heavy (non-hydrogen) atoms. The zero-order valence-corrected chi connectivity index (χ0v) is 16.9. The van der Waals surface area contributed by atoms with Gasteiger partial charge in [0, 0.05) is 5.46 Å². The molecule has 0 saturated heterocycles. The lowest BCUT2D eigenvalue weighted by atomic mass is 9.35. The maximum Gasteiger partial charge on any atom is 0.259 e. The molecule has 4 nitrogen and oxygen atoms in total. The Morgan fingerprint density at radius 3 is 2.35 bits per heavy atom. The SMILES string of the molecule is C[n+]1[c-]n(-c2ccccc2)c2ccc3c(c21)Oc1cccc2c1B3c1ccccc1O2. The first-order valence-electron chi connectivity index (χ1n) is 10.4. The van der Waals surface area contributed by atoms with Crippen LogP contribution in [0.2, 0.25) is 0 Å². The van der Waals surface area contributed by atoms with E-state index in [0.717, 1.165) is 50.6 Å². The van der Waals surface area contributed by atoms with Crippen molar-refractivity contribution in [3.05, 3.63) is 91.3 Å². The molecule has 0 N–H and O–H groups in total. The molecule has 3 heterocycles. The van der Waals surface area contributed by atoms with Crippen LogP contribution in [0, 0.1) is 6.33 Å². The lowest BCUT2D eigenvalue weighted by molar-refractivity contribution is -0.649. The molecule has 0 atom stereocenters. The Balaban J connectivity index is 1.54. The summed E-state index contributed by atoms with van der Waals surface area (Å²) in [4.78, 5) is 0. The first-order chi connectivity index (χ1) is 15.3. The summed E-state index contributed by atoms with van der Waals surface area (Å²) in [7, 11) is 2.02. The van der Waals surface area contributed by atoms with Crippen LogP contribution in [0.25, 0.3) is 16.7 Å². The highest BCUT2D eigenvalue weighted by atomic mass is 16.5. The average molecular weight is 400 g/mol. The van der Waals surface area contributed by atoms with Gasteiger partial charge in [-0.25, -0.2) is 0 Å². The molecule has 5 heteroatoms. The van der Waals surface area contributed by atoms with Gasteiger partial charge in [0.1, 0.15) is 28.5 Å². The number of benzene rings is 4. The summed E-state index contributed by atoms with van der Waals surface area (Å²) in [6, 6.07) is 29.0. The molecule has 2 aliphatic heterocycles. The van der Waals surface area contributed by atoms with Gasteiger partial charge in [-0.3, -0.25) is 0 Å². The molecule has 2 aliphatic rings. The Kier molecular flexibility index (Phi) is 3.26. The minimum absolute atomic E-state index is 0.0735. The summed E-state index contributed by atoms with van der Waals surface area (Å²) < 4.78 is 16.9. The van der Waals surface area contributed by atoms with E-state index >= 15 is 0 Å². The molecule has 0 fully saturated rings. The van der Waals surface area contributed by atoms with E-state index < -0.39 is 0 Å². The van der Waals surface area contributed by atoms with Gasteiger partial charge in [0.05, 0.1) is 18.3 Å². The minimum Gasteiger partial charge on any atom is -0.464 e. The third kappa shape index (κ3) is 2.23. The average Bonchev–Trinajstić information content (AvgIpc) is 3.16. The Bertz CT molecular complexity index is 1510. The normalized spacial score (nSPS) is 13.1. The third-order valence-electron chi connectivity index (χ3n) is 6.27. The number of nitrogens with zero attached hydrogens (tertiary/aromatic N) is 2. The van der Waals surface area contributed by atoms with Crippen molar-refractivity contribution in [1.29, 1.82) is 0 Å². The van der Waals surface area contributed by atoms with Gasteiger partial charge in [0.15, 0.2) is 0 Å². The number of aromatic nitrogens is 2. The van der Waals surface area contributed by atoms with Crippen molar-refractivity contribution < 1.29 is 14.0 Å². The Hall–Kier alpha value is -3.99. The van der Waals surface area contributed by atoms with Gasteiger partial charge in [0.2, 0.25) is 6.33 Å². The Morgan fingerprint density at radius 1 is 0.742 bits per heavy atom. The topological polar surface area (TPSA) is 27.3 Å². The standard InChI is InChI=1S/C26H17BN2O2/c1-28-16-29(17-8-3-2-4-9-17)20-15-14-19-26(25(20)28)31-23-13-7-12-22-24(23)27(19)18-10-5-6-11-21(18)30-22/h2-15H,1H3. The molecule has 0 radical (unpaired) electrons. The van der Waals surface area contributed by atoms with Crippen LogP contribution in [0.3, 0.4) is 0 Å². The number of ether oxygens (including phenoxy) is 2. The number of hydrogen-bond acceptors (Lipinski definition) is 2. The van der Waals surface area contributed by atoms with Crippen LogP contribution in [0.1, 0.15) is 0 Å². The van der Waals surface area contributed by atoms with Crippen molar-refractivity contribution in [2.75, 3.05) is 0 Å². The smallest absolute Gasteiger partial charge is 0.259 e. The van der Waals surface area contributed by atoms with E-state index in [0.29, 0.717) is 0 Å². The first kappa shape index (κ1) is 16.8. The molecule has 0 aliphatic carbocycles. The van der Waals surface area contributed by atoms with Gasteiger partial charge in [-0.15, -0.1) is 0 Å². The van der Waals surface area contributed by atoms with E-state index in [-0.39, 0.29) is 6.71 Å². The second kappa shape index (κ2) is 6.02. The maximum absolute atomic E-state index is 6.55. The summed E-state index contributed by atoms with van der Waals surface area (Å²) in [6.45, 7) is 0.0735. The number of fused-ring (bicyclic) bond motifs is 6. The summed E-state index contributed by atoms with van der Waals surface area (Å²) in [5.74, 6) is 3.51. The fraction of sp³-hybridized carbons (Fsp3) is 0.0385. The van der Waals surface area contributed by atoms with E-state index in [1.54, 1.807) is 0 Å². The van der Waals surface area contributed by atoms with Crippen LogP contribution in [0.15, 0.2) is 84.9 Å². The summed E-state index contributed by atoms with van der Waals surface area (Å²) in [6.07, 6.45) is 3.45. The van der Waals surface area contributed by atoms with Gasteiger partial charge in [-0.1, -0.05) is 66.7 Å². The molecule has 7 rings (SSSR count). The fourth-order valence-electron chi connectivity index (χ4n) is 4.95. The fourth-order valence-corrected chi connectivity index (χ4v) is 4.95. The molecule has 0 bridgehead atoms. The van der Waals surface area contributed by atoms with Crippen LogP contribution >= 0.6 is 0 Å². The second-order valence-corrected chi connectivity index (χ2v) is 8.02. The molecular formula is C26H17BN2O2. The van der Waals surface area contributed by atoms with Crippen molar-refractivity contribution in [2.24, 2.45) is 7.05 Å². The molecule has 0 unspecified atom stereocenters. The molecule has 0 spiro atoms. The van der Waals surface area contributed by atoms with Crippen molar-refractivity contribution in [2.45, 2.75) is 0 Å². The van der Waals surface area contributed by atoms with Crippen LogP contribution in [-0.4, -0.2) is 11.3 Å². The van der Waals surface area contributed by atoms with Crippen LogP contribution < -0.4 is 30.4 Å². The maximum atomic E-state index is 6.55. The summed E-state index contributed by atoms with van der Waals surface area (Å²) in [5, 5.41) is 0. The molecule has 0 saturated carbocycles. The highest BCUT2D eigenvalue weighted by Gasteiger charge is 2.40. The summed E-state index contributed by atoms with van der Waals surface area (Å²) >= 11 is 0. The monoisotopic (exact) mass is 400 g/mol. The Labute approximate surface area is 180 Å². The van der Waals surface area contributed by atoms with Crippen LogP contribution in [-0.2, 0) is 7.05 Å². The highest BCUT2D eigenvalue weighted by molar-refractivity contribution is 6.98. The predicted octanol–water partition coefficient (Wildman–Crippen LogP) is 2.98. The van der Waals surface area contributed by atoms with Crippen LogP contribution in [0.4, 0.5) is 0 Å². The highest BCUT2D eigenvalue weighted by Crippen LogP contribution is 2.36. The lowest BCUT2D eigenvalue weighted by Gasteiger charge is -2.33. The van der Waals surface area contributed by atoms with Crippen molar-refractivity contribution >= 4 is 34.1 Å². The van der Waals surface area contributed by atoms with Gasteiger partial charge in [0.25, 0.3) is 6.71 Å². The number of imidazole rings is 1. The molecule has 1 aromatic heterocycles. The number of hydrogen-bond donors (Lipinski definition) is 0. The molecule has 5 aromatic rings. The van der Waals surface area contributed by atoms with E-state index in [1.807, 2.05) is 60.1 Å². The zero-order chi connectivity index (χ0) is 20.5. The second-order valence-electron chi connectivity index (χ2n) is 8.02. The zero-order valence-electron chi connectivity index (χ0n) is 16.9. The number of rotatable bonds is 1. The minimum atomic E-state index is 0.0735. The molecular weight excluding hydrogens is 383 g/mol. The summed E-state index contributed by atoms with van der Waals surface area (Å²) in [5.41, 5.74) is 6.58. The van der Waals surface area contributed by atoms with Crippen molar-refractivity contribution in [1.82, 2.24) is 4.57 Å². The van der Waals surface area contributed by atoms with Gasteiger partial charge in [-0.2, -0.15) is 0 Å². The molecule has 146 valence electrons. The van der Waals surface area contributed by atoms with E-state index in [2.05, 4.69) is 47.3 Å². The first-order valence-corrected chi connectivity index (χ1v) is 10.4. The largest absolute Gasteiger partial charge is 0.464 e. The third-order valence-corrected chi connectivity index (χ3v) is 6.27. The van der Waals surface area contributed by atoms with E-state index in [4.69, 9.17) is 9.47 Å². The van der Waals surface area contributed by atoms with Gasteiger partial charge < -0.3 is 18.6 Å². The predicted molar refractivity (Wildman–Crippen MR) is 121 cm³/mol. The molecule has 4 aromatic carbocycles.